The lowest BCUT2D eigenvalue weighted by molar-refractivity contribution is -0.123. The fourth-order valence-electron chi connectivity index (χ4n) is 1.86. The summed E-state index contributed by atoms with van der Waals surface area (Å²) in [5, 5.41) is 2.91. The normalized spacial score (nSPS) is 13.8. The maximum Gasteiger partial charge on any atom is 0.237 e. The Morgan fingerprint density at radius 3 is 2.72 bits per heavy atom. The van der Waals surface area contributed by atoms with Crippen molar-refractivity contribution in [1.82, 2.24) is 5.32 Å². The molecule has 4 heteroatoms. The van der Waals surface area contributed by atoms with Crippen LogP contribution in [0.25, 0.3) is 0 Å². The van der Waals surface area contributed by atoms with Crippen molar-refractivity contribution in [3.8, 4) is 5.75 Å². The van der Waals surface area contributed by atoms with Crippen LogP contribution in [-0.4, -0.2) is 19.1 Å². The van der Waals surface area contributed by atoms with Crippen molar-refractivity contribution in [1.29, 1.82) is 0 Å². The summed E-state index contributed by atoms with van der Waals surface area (Å²) in [7, 11) is 1.62. The highest BCUT2D eigenvalue weighted by molar-refractivity contribution is 5.81. The number of hydrogen-bond acceptors (Lipinski definition) is 3. The van der Waals surface area contributed by atoms with Crippen molar-refractivity contribution in [3.63, 3.8) is 0 Å². The van der Waals surface area contributed by atoms with Gasteiger partial charge in [0.05, 0.1) is 19.2 Å². The largest absolute Gasteiger partial charge is 0.496 e. The van der Waals surface area contributed by atoms with Gasteiger partial charge in [-0.15, -0.1) is 0 Å². The van der Waals surface area contributed by atoms with Crippen LogP contribution in [0.2, 0.25) is 0 Å². The van der Waals surface area contributed by atoms with Crippen molar-refractivity contribution in [3.05, 3.63) is 29.8 Å². The van der Waals surface area contributed by atoms with Gasteiger partial charge in [0.25, 0.3) is 0 Å². The van der Waals surface area contributed by atoms with Crippen LogP contribution in [0.5, 0.6) is 5.75 Å². The molecule has 4 nitrogen and oxygen atoms in total. The lowest BCUT2D eigenvalue weighted by Gasteiger charge is -2.19. The van der Waals surface area contributed by atoms with Crippen LogP contribution in [0.1, 0.15) is 38.3 Å². The molecule has 0 aliphatic rings. The molecule has 0 radical (unpaired) electrons. The van der Waals surface area contributed by atoms with Crippen molar-refractivity contribution >= 4 is 5.91 Å². The zero-order chi connectivity index (χ0) is 13.5. The first-order valence-electron chi connectivity index (χ1n) is 6.29. The number of ether oxygens (including phenoxy) is 1. The van der Waals surface area contributed by atoms with Gasteiger partial charge < -0.3 is 15.8 Å². The summed E-state index contributed by atoms with van der Waals surface area (Å²) in [5.41, 5.74) is 6.74. The van der Waals surface area contributed by atoms with E-state index < -0.39 is 6.04 Å². The van der Waals surface area contributed by atoms with Crippen LogP contribution < -0.4 is 15.8 Å². The van der Waals surface area contributed by atoms with Crippen molar-refractivity contribution < 1.29 is 9.53 Å². The molecule has 100 valence electrons. The Hall–Kier alpha value is -1.55. The Kier molecular flexibility index (Phi) is 5.65. The molecule has 0 saturated carbocycles. The molecule has 0 saturated heterocycles. The number of nitrogens with two attached hydrogens (primary N) is 1. The number of benzene rings is 1. The smallest absolute Gasteiger partial charge is 0.237 e. The Morgan fingerprint density at radius 1 is 1.44 bits per heavy atom. The summed E-state index contributed by atoms with van der Waals surface area (Å²) in [4.78, 5) is 11.8. The van der Waals surface area contributed by atoms with Crippen LogP contribution in [-0.2, 0) is 4.79 Å². The summed E-state index contributed by atoms with van der Waals surface area (Å²) in [5.74, 6) is 0.657. The van der Waals surface area contributed by atoms with Crippen LogP contribution >= 0.6 is 0 Å². The molecular weight excluding hydrogens is 228 g/mol. The summed E-state index contributed by atoms with van der Waals surface area (Å²) >= 11 is 0. The van der Waals surface area contributed by atoms with Gasteiger partial charge in [0.2, 0.25) is 5.91 Å². The van der Waals surface area contributed by atoms with Crippen LogP contribution in [0.3, 0.4) is 0 Å². The maximum absolute atomic E-state index is 11.8. The Morgan fingerprint density at radius 2 is 2.11 bits per heavy atom. The van der Waals surface area contributed by atoms with E-state index in [-0.39, 0.29) is 11.9 Å². The molecule has 1 amide bonds. The molecule has 1 aromatic carbocycles. The van der Waals surface area contributed by atoms with E-state index in [1.54, 1.807) is 7.11 Å². The van der Waals surface area contributed by atoms with Gasteiger partial charge in [0, 0.05) is 5.56 Å². The third-order valence-electron chi connectivity index (χ3n) is 2.90. The fraction of sp³-hybridized carbons (Fsp3) is 0.500. The molecule has 0 bridgehead atoms. The monoisotopic (exact) mass is 250 g/mol. The van der Waals surface area contributed by atoms with Gasteiger partial charge >= 0.3 is 0 Å². The standard InChI is InChI=1S/C14H22N2O2/c1-4-7-12(15)14(17)16-10(2)11-8-5-6-9-13(11)18-3/h5-6,8-10,12H,4,7,15H2,1-3H3,(H,16,17)/t10-,12+/m1/s1. The predicted molar refractivity (Wildman–Crippen MR) is 72.4 cm³/mol. The van der Waals surface area contributed by atoms with Crippen molar-refractivity contribution in [2.45, 2.75) is 38.8 Å². The van der Waals surface area contributed by atoms with Gasteiger partial charge in [0.1, 0.15) is 5.75 Å². The SMILES string of the molecule is CCC[C@H](N)C(=O)N[C@H](C)c1ccccc1OC. The number of carbonyl (C=O) groups is 1. The van der Waals surface area contributed by atoms with Gasteiger partial charge in [-0.3, -0.25) is 4.79 Å². The van der Waals surface area contributed by atoms with Crippen LogP contribution in [0.15, 0.2) is 24.3 Å². The first-order chi connectivity index (χ1) is 8.60. The van der Waals surface area contributed by atoms with Gasteiger partial charge in [-0.25, -0.2) is 0 Å². The van der Waals surface area contributed by atoms with Crippen LogP contribution in [0.4, 0.5) is 0 Å². The van der Waals surface area contributed by atoms with Crippen molar-refractivity contribution in [2.24, 2.45) is 5.73 Å². The van der Waals surface area contributed by atoms with E-state index in [9.17, 15) is 4.79 Å². The van der Waals surface area contributed by atoms with Crippen molar-refractivity contribution in [2.75, 3.05) is 7.11 Å². The molecule has 0 spiro atoms. The maximum atomic E-state index is 11.8. The Labute approximate surface area is 109 Å². The molecule has 2 atom stereocenters. The van der Waals surface area contributed by atoms with E-state index in [0.717, 1.165) is 17.7 Å². The highest BCUT2D eigenvalue weighted by Crippen LogP contribution is 2.24. The first kappa shape index (κ1) is 14.5. The van der Waals surface area contributed by atoms with E-state index in [1.165, 1.54) is 0 Å². The van der Waals surface area contributed by atoms with Gasteiger partial charge in [-0.1, -0.05) is 31.5 Å². The lowest BCUT2D eigenvalue weighted by Crippen LogP contribution is -2.41. The number of nitrogens with one attached hydrogen (secondary N) is 1. The third kappa shape index (κ3) is 3.74. The Bertz CT molecular complexity index is 393. The van der Waals surface area contributed by atoms with Gasteiger partial charge in [-0.05, 0) is 19.4 Å². The molecule has 0 aromatic heterocycles. The minimum atomic E-state index is -0.438. The number of rotatable bonds is 6. The predicted octanol–water partition coefficient (Wildman–Crippen LogP) is 2.00. The van der Waals surface area contributed by atoms with E-state index >= 15 is 0 Å². The second kappa shape index (κ2) is 7.01. The molecule has 0 heterocycles. The summed E-state index contributed by atoms with van der Waals surface area (Å²) < 4.78 is 5.27. The molecule has 1 rings (SSSR count). The molecule has 3 N–H and O–H groups in total. The zero-order valence-corrected chi connectivity index (χ0v) is 11.3. The summed E-state index contributed by atoms with van der Waals surface area (Å²) in [6.07, 6.45) is 1.60. The zero-order valence-electron chi connectivity index (χ0n) is 11.3. The van der Waals surface area contributed by atoms with E-state index in [2.05, 4.69) is 5.32 Å². The highest BCUT2D eigenvalue weighted by atomic mass is 16.5. The first-order valence-corrected chi connectivity index (χ1v) is 6.29. The number of hydrogen-bond donors (Lipinski definition) is 2. The van der Waals surface area contributed by atoms with E-state index in [1.807, 2.05) is 38.1 Å². The molecule has 0 fully saturated rings. The summed E-state index contributed by atoms with van der Waals surface area (Å²) in [6.45, 7) is 3.94. The summed E-state index contributed by atoms with van der Waals surface area (Å²) in [6, 6.07) is 7.09. The molecule has 0 aliphatic heterocycles. The van der Waals surface area contributed by atoms with Gasteiger partial charge in [-0.2, -0.15) is 0 Å². The molecule has 0 unspecified atom stereocenters. The average molecular weight is 250 g/mol. The topological polar surface area (TPSA) is 64.4 Å². The molecule has 0 aliphatic carbocycles. The molecule has 18 heavy (non-hydrogen) atoms. The number of methoxy groups -OCH3 is 1. The fourth-order valence-corrected chi connectivity index (χ4v) is 1.86. The van der Waals surface area contributed by atoms with Gasteiger partial charge in [0.15, 0.2) is 0 Å². The minimum absolute atomic E-state index is 0.114. The second-order valence-corrected chi connectivity index (χ2v) is 4.37. The van der Waals surface area contributed by atoms with E-state index in [4.69, 9.17) is 10.5 Å². The third-order valence-corrected chi connectivity index (χ3v) is 2.90. The molecular formula is C14H22N2O2. The number of amides is 1. The number of para-hydroxylation sites is 1. The molecule has 1 aromatic rings. The quantitative estimate of drug-likeness (QED) is 0.811. The second-order valence-electron chi connectivity index (χ2n) is 4.37. The van der Waals surface area contributed by atoms with E-state index in [0.29, 0.717) is 6.42 Å². The minimum Gasteiger partial charge on any atom is -0.496 e. The highest BCUT2D eigenvalue weighted by Gasteiger charge is 2.17. The lowest BCUT2D eigenvalue weighted by atomic mass is 10.1. The average Bonchev–Trinajstić information content (AvgIpc) is 2.38. The number of carbonyl (C=O) groups excluding carboxylic acids is 1. The van der Waals surface area contributed by atoms with Crippen LogP contribution in [0, 0.1) is 0 Å². The Balaban J connectivity index is 2.70.